The van der Waals surface area contributed by atoms with Crippen molar-refractivity contribution in [3.05, 3.63) is 59.2 Å². The lowest BCUT2D eigenvalue weighted by atomic mass is 10.0. The van der Waals surface area contributed by atoms with Crippen molar-refractivity contribution in [1.29, 1.82) is 0 Å². The van der Waals surface area contributed by atoms with Crippen molar-refractivity contribution in [3.63, 3.8) is 0 Å². The van der Waals surface area contributed by atoms with Crippen LogP contribution >= 0.6 is 0 Å². The third-order valence-electron chi connectivity index (χ3n) is 4.97. The van der Waals surface area contributed by atoms with E-state index in [0.717, 1.165) is 16.9 Å². The van der Waals surface area contributed by atoms with Gasteiger partial charge in [0.1, 0.15) is 0 Å². The smallest absolute Gasteiger partial charge is 0.308 e. The molecule has 0 fully saturated rings. The average molecular weight is 350 g/mol. The number of nitrogens with one attached hydrogen (secondary N) is 4. The summed E-state index contributed by atoms with van der Waals surface area (Å²) in [5, 5.41) is 6.30. The highest BCUT2D eigenvalue weighted by atomic mass is 16.2. The first-order chi connectivity index (χ1) is 12.4. The Morgan fingerprint density at radius 2 is 1.88 bits per heavy atom. The van der Waals surface area contributed by atoms with Gasteiger partial charge in [-0.25, -0.2) is 15.3 Å². The largest absolute Gasteiger partial charge is 0.361 e. The van der Waals surface area contributed by atoms with Gasteiger partial charge in [-0.05, 0) is 49.2 Å². The van der Waals surface area contributed by atoms with Crippen LogP contribution in [0.25, 0.3) is 0 Å². The molecule has 132 valence electrons. The molecule has 2 aliphatic rings. The van der Waals surface area contributed by atoms with E-state index in [1.54, 1.807) is 11.9 Å². The van der Waals surface area contributed by atoms with Crippen molar-refractivity contribution in [2.24, 2.45) is 5.73 Å². The molecule has 2 heterocycles. The van der Waals surface area contributed by atoms with E-state index in [2.05, 4.69) is 34.5 Å². The first kappa shape index (κ1) is 16.1. The molecule has 0 unspecified atom stereocenters. The lowest BCUT2D eigenvalue weighted by Crippen LogP contribution is -3.14. The van der Waals surface area contributed by atoms with Crippen molar-refractivity contribution in [2.75, 3.05) is 17.3 Å². The van der Waals surface area contributed by atoms with Gasteiger partial charge in [0.05, 0.1) is 16.9 Å². The summed E-state index contributed by atoms with van der Waals surface area (Å²) in [5.41, 5.74) is 9.91. The SMILES string of the molecule is Cc1ccc(NC2=[NH+][C@]3([NH+]=C(N)N2)C(=O)N(C)c2ccccc23)cc1C. The Balaban J connectivity index is 1.78. The van der Waals surface area contributed by atoms with Gasteiger partial charge in [0, 0.05) is 7.05 Å². The second-order valence-corrected chi connectivity index (χ2v) is 6.72. The predicted molar refractivity (Wildman–Crippen MR) is 100 cm³/mol. The molecule has 1 spiro atoms. The molecular weight excluding hydrogens is 328 g/mol. The molecule has 1 amide bonds. The summed E-state index contributed by atoms with van der Waals surface area (Å²) in [5.74, 6) is 0.721. The normalized spacial score (nSPS) is 21.2. The van der Waals surface area contributed by atoms with Crippen molar-refractivity contribution in [1.82, 2.24) is 5.32 Å². The van der Waals surface area contributed by atoms with Crippen LogP contribution in [0.5, 0.6) is 0 Å². The van der Waals surface area contributed by atoms with Crippen LogP contribution in [0, 0.1) is 13.8 Å². The van der Waals surface area contributed by atoms with Crippen LogP contribution in [0.4, 0.5) is 11.4 Å². The lowest BCUT2D eigenvalue weighted by molar-refractivity contribution is -0.789. The number of carbonyl (C=O) groups excluding carboxylic acids is 1. The van der Waals surface area contributed by atoms with Gasteiger partial charge in [-0.1, -0.05) is 18.2 Å². The van der Waals surface area contributed by atoms with Crippen LogP contribution in [0.1, 0.15) is 16.7 Å². The highest BCUT2D eigenvalue weighted by Crippen LogP contribution is 2.32. The fourth-order valence-corrected chi connectivity index (χ4v) is 3.44. The second kappa shape index (κ2) is 5.59. The van der Waals surface area contributed by atoms with Gasteiger partial charge in [0.15, 0.2) is 0 Å². The van der Waals surface area contributed by atoms with Crippen LogP contribution in [-0.4, -0.2) is 24.9 Å². The van der Waals surface area contributed by atoms with Crippen molar-refractivity contribution >= 4 is 29.2 Å². The highest BCUT2D eigenvalue weighted by Gasteiger charge is 2.55. The Morgan fingerprint density at radius 1 is 1.12 bits per heavy atom. The number of nitrogens with zero attached hydrogens (tertiary/aromatic N) is 1. The number of guanidine groups is 2. The van der Waals surface area contributed by atoms with Gasteiger partial charge in [-0.15, -0.1) is 0 Å². The number of hydrogen-bond donors (Lipinski definition) is 5. The minimum absolute atomic E-state index is 0.123. The van der Waals surface area contributed by atoms with Crippen LogP contribution in [0.2, 0.25) is 0 Å². The fraction of sp³-hybridized carbons (Fsp3) is 0.211. The predicted octanol–water partition coefficient (Wildman–Crippen LogP) is -2.02. The summed E-state index contributed by atoms with van der Waals surface area (Å²) in [4.78, 5) is 21.0. The number of aryl methyl sites for hydroxylation is 2. The van der Waals surface area contributed by atoms with E-state index in [-0.39, 0.29) is 5.91 Å². The van der Waals surface area contributed by atoms with Crippen LogP contribution in [-0.2, 0) is 10.5 Å². The molecule has 7 heteroatoms. The number of rotatable bonds is 1. The standard InChI is InChI=1S/C19H20N6O/c1-11-8-9-13(10-12(11)2)21-18-22-17(20)23-19(24-18)14-6-4-5-7-15(14)25(3)16(19)26/h4-10H,1-3H3,(H4,20,21,22,23,24)/p+2/t19-/m0/s1. The maximum Gasteiger partial charge on any atom is 0.361 e. The molecule has 26 heavy (non-hydrogen) atoms. The number of benzene rings is 2. The number of hydrogen-bond acceptors (Lipinski definition) is 4. The molecule has 6 N–H and O–H groups in total. The number of nitrogens with two attached hydrogens (primary N) is 1. The van der Waals surface area contributed by atoms with Crippen LogP contribution in [0.15, 0.2) is 42.5 Å². The fourth-order valence-electron chi connectivity index (χ4n) is 3.44. The molecule has 0 aliphatic carbocycles. The first-order valence-electron chi connectivity index (χ1n) is 8.45. The molecule has 0 bridgehead atoms. The Hall–Kier alpha value is -3.35. The lowest BCUT2D eigenvalue weighted by Gasteiger charge is -2.22. The topological polar surface area (TPSA) is 98.3 Å². The zero-order chi connectivity index (χ0) is 18.5. The monoisotopic (exact) mass is 350 g/mol. The summed E-state index contributed by atoms with van der Waals surface area (Å²) >= 11 is 0. The molecule has 0 radical (unpaired) electrons. The van der Waals surface area contributed by atoms with Crippen LogP contribution < -0.4 is 31.3 Å². The first-order valence-corrected chi connectivity index (χ1v) is 8.45. The number of para-hydroxylation sites is 1. The van der Waals surface area contributed by atoms with E-state index < -0.39 is 5.66 Å². The molecule has 0 aromatic heterocycles. The minimum Gasteiger partial charge on any atom is -0.308 e. The summed E-state index contributed by atoms with van der Waals surface area (Å²) in [7, 11) is 1.76. The molecule has 2 aromatic carbocycles. The summed E-state index contributed by atoms with van der Waals surface area (Å²) in [6, 6.07) is 13.7. The molecule has 0 saturated carbocycles. The van der Waals surface area contributed by atoms with Gasteiger partial charge < -0.3 is 4.90 Å². The van der Waals surface area contributed by atoms with Gasteiger partial charge in [0.2, 0.25) is 0 Å². The quantitative estimate of drug-likeness (QED) is 0.410. The van der Waals surface area contributed by atoms with Crippen molar-refractivity contribution in [3.8, 4) is 0 Å². The van der Waals surface area contributed by atoms with Crippen LogP contribution in [0.3, 0.4) is 0 Å². The molecule has 2 aromatic rings. The average Bonchev–Trinajstić information content (AvgIpc) is 2.80. The molecule has 1 atom stereocenters. The van der Waals surface area contributed by atoms with E-state index in [9.17, 15) is 4.79 Å². The van der Waals surface area contributed by atoms with Gasteiger partial charge in [0.25, 0.3) is 0 Å². The zero-order valence-electron chi connectivity index (χ0n) is 15.0. The van der Waals surface area contributed by atoms with Gasteiger partial charge >= 0.3 is 23.5 Å². The summed E-state index contributed by atoms with van der Waals surface area (Å²) < 4.78 is 0. The summed E-state index contributed by atoms with van der Waals surface area (Å²) in [6.45, 7) is 4.13. The van der Waals surface area contributed by atoms with Crippen molar-refractivity contribution in [2.45, 2.75) is 19.5 Å². The van der Waals surface area contributed by atoms with Crippen molar-refractivity contribution < 1.29 is 14.8 Å². The highest BCUT2D eigenvalue weighted by molar-refractivity contribution is 6.07. The number of carbonyl (C=O) groups is 1. The Bertz CT molecular complexity index is 980. The van der Waals surface area contributed by atoms with Gasteiger partial charge in [-0.2, -0.15) is 5.32 Å². The molecule has 7 nitrogen and oxygen atoms in total. The Kier molecular flexibility index (Phi) is 3.47. The minimum atomic E-state index is -1.14. The molecule has 0 saturated heterocycles. The molecular formula is C19H22N6O+2. The maximum absolute atomic E-state index is 13.0. The number of amides is 1. The van der Waals surface area contributed by atoms with E-state index in [0.29, 0.717) is 11.9 Å². The Labute approximate surface area is 151 Å². The van der Waals surface area contributed by atoms with Gasteiger partial charge in [-0.3, -0.25) is 10.5 Å². The second-order valence-electron chi connectivity index (χ2n) is 6.72. The Morgan fingerprint density at radius 3 is 2.65 bits per heavy atom. The number of fused-ring (bicyclic) bond motifs is 2. The number of likely N-dealkylation sites (N-methyl/N-ethyl adjacent to an activating group) is 1. The third kappa shape index (κ3) is 2.32. The zero-order valence-corrected chi connectivity index (χ0v) is 15.0. The van der Waals surface area contributed by atoms with E-state index in [1.165, 1.54) is 11.1 Å². The maximum atomic E-state index is 13.0. The van der Waals surface area contributed by atoms with E-state index in [4.69, 9.17) is 5.73 Å². The van der Waals surface area contributed by atoms with E-state index >= 15 is 0 Å². The third-order valence-corrected chi connectivity index (χ3v) is 4.97. The number of anilines is 2. The molecule has 4 rings (SSSR count). The molecule has 2 aliphatic heterocycles. The summed E-state index contributed by atoms with van der Waals surface area (Å²) in [6.07, 6.45) is 0. The van der Waals surface area contributed by atoms with E-state index in [1.807, 2.05) is 42.5 Å².